The summed E-state index contributed by atoms with van der Waals surface area (Å²) in [5, 5.41) is 4.59. The van der Waals surface area contributed by atoms with E-state index in [2.05, 4.69) is 5.43 Å². The molecule has 4 rings (SSSR count). The van der Waals surface area contributed by atoms with Crippen molar-refractivity contribution in [1.82, 2.24) is 20.5 Å². The number of amides is 4. The molecule has 27 heavy (non-hydrogen) atoms. The average molecular weight is 386 g/mol. The van der Waals surface area contributed by atoms with E-state index in [1.807, 2.05) is 24.3 Å². The summed E-state index contributed by atoms with van der Waals surface area (Å²) in [4.78, 5) is 49.8. The molecule has 1 N–H and O–H groups in total. The van der Waals surface area contributed by atoms with Gasteiger partial charge in [0, 0.05) is 17.7 Å². The van der Waals surface area contributed by atoms with E-state index >= 15 is 0 Å². The van der Waals surface area contributed by atoms with Crippen molar-refractivity contribution in [2.24, 2.45) is 0 Å². The Bertz CT molecular complexity index is 894. The van der Waals surface area contributed by atoms with Crippen molar-refractivity contribution in [1.29, 1.82) is 0 Å². The number of aldehydes is 1. The lowest BCUT2D eigenvalue weighted by Gasteiger charge is -2.41. The highest BCUT2D eigenvalue weighted by atomic mass is 32.1. The first kappa shape index (κ1) is 17.5. The molecule has 0 aliphatic carbocycles. The molecular formula is C18H18N4O4S. The second-order valence-electron chi connectivity index (χ2n) is 6.48. The number of hydrogen-bond acceptors (Lipinski definition) is 5. The second-order valence-corrected chi connectivity index (χ2v) is 7.56. The summed E-state index contributed by atoms with van der Waals surface area (Å²) < 4.78 is 0.975. The first-order chi connectivity index (χ1) is 13.1. The maximum Gasteiger partial charge on any atom is 0.358 e. The normalized spacial score (nSPS) is 20.4. The van der Waals surface area contributed by atoms with Crippen LogP contribution in [0, 0.1) is 0 Å². The molecule has 0 bridgehead atoms. The predicted molar refractivity (Wildman–Crippen MR) is 98.6 cm³/mol. The van der Waals surface area contributed by atoms with Crippen molar-refractivity contribution in [2.75, 3.05) is 13.1 Å². The molecule has 8 nitrogen and oxygen atoms in total. The first-order valence-corrected chi connectivity index (χ1v) is 9.56. The van der Waals surface area contributed by atoms with Gasteiger partial charge in [-0.05, 0) is 30.4 Å². The van der Waals surface area contributed by atoms with E-state index in [1.165, 1.54) is 21.4 Å². The molecule has 1 atom stereocenters. The van der Waals surface area contributed by atoms with E-state index < -0.39 is 18.0 Å². The second kappa shape index (κ2) is 6.99. The Morgan fingerprint density at radius 1 is 1.22 bits per heavy atom. The van der Waals surface area contributed by atoms with Crippen LogP contribution in [0.5, 0.6) is 0 Å². The summed E-state index contributed by atoms with van der Waals surface area (Å²) in [5.74, 6) is -0.640. The Morgan fingerprint density at radius 2 is 2.04 bits per heavy atom. The van der Waals surface area contributed by atoms with E-state index in [0.29, 0.717) is 30.5 Å². The van der Waals surface area contributed by atoms with E-state index in [4.69, 9.17) is 0 Å². The number of benzene rings is 1. The van der Waals surface area contributed by atoms with Crippen LogP contribution in [0.25, 0.3) is 10.1 Å². The molecular weight excluding hydrogens is 368 g/mol. The smallest absolute Gasteiger partial charge is 0.301 e. The fraction of sp³-hybridized carbons (Fsp3) is 0.333. The van der Waals surface area contributed by atoms with Crippen LogP contribution in [0.1, 0.15) is 28.9 Å². The minimum Gasteiger partial charge on any atom is -0.301 e. The lowest BCUT2D eigenvalue weighted by Crippen LogP contribution is -2.61. The van der Waals surface area contributed by atoms with Gasteiger partial charge in [-0.25, -0.2) is 19.8 Å². The molecule has 0 unspecified atom stereocenters. The third kappa shape index (κ3) is 3.14. The van der Waals surface area contributed by atoms with Crippen LogP contribution in [0.15, 0.2) is 30.3 Å². The van der Waals surface area contributed by atoms with Gasteiger partial charge in [0.1, 0.15) is 12.3 Å². The van der Waals surface area contributed by atoms with Crippen LogP contribution in [0.4, 0.5) is 4.79 Å². The van der Waals surface area contributed by atoms with Crippen LogP contribution < -0.4 is 5.43 Å². The summed E-state index contributed by atoms with van der Waals surface area (Å²) in [6.45, 7) is 0.458. The maximum absolute atomic E-state index is 12.9. The lowest BCUT2D eigenvalue weighted by atomic mass is 10.1. The molecule has 140 valence electrons. The van der Waals surface area contributed by atoms with Gasteiger partial charge in [0.05, 0.1) is 11.4 Å². The fourth-order valence-corrected chi connectivity index (χ4v) is 4.36. The zero-order valence-electron chi connectivity index (χ0n) is 14.5. The number of hydrazine groups is 2. The van der Waals surface area contributed by atoms with Gasteiger partial charge in [0.2, 0.25) is 5.91 Å². The molecule has 9 heteroatoms. The molecule has 2 aliphatic heterocycles. The molecule has 1 aromatic heterocycles. The van der Waals surface area contributed by atoms with Crippen molar-refractivity contribution < 1.29 is 19.2 Å². The predicted octanol–water partition coefficient (Wildman–Crippen LogP) is 1.78. The number of rotatable bonds is 3. The fourth-order valence-electron chi connectivity index (χ4n) is 3.41. The zero-order valence-corrected chi connectivity index (χ0v) is 15.3. The van der Waals surface area contributed by atoms with Crippen molar-refractivity contribution in [3.05, 3.63) is 35.2 Å². The highest BCUT2D eigenvalue weighted by molar-refractivity contribution is 7.20. The third-order valence-corrected chi connectivity index (χ3v) is 5.87. The summed E-state index contributed by atoms with van der Waals surface area (Å²) >= 11 is 1.33. The number of urea groups is 1. The molecule has 2 saturated heterocycles. The lowest BCUT2D eigenvalue weighted by molar-refractivity contribution is -0.151. The van der Waals surface area contributed by atoms with Crippen molar-refractivity contribution >= 4 is 45.6 Å². The Balaban J connectivity index is 1.57. The van der Waals surface area contributed by atoms with Crippen LogP contribution in [-0.4, -0.2) is 58.3 Å². The topological polar surface area (TPSA) is 90.0 Å². The van der Waals surface area contributed by atoms with Crippen LogP contribution in [0.2, 0.25) is 0 Å². The number of hydrogen-bond donors (Lipinski definition) is 1. The minimum absolute atomic E-state index is 0.0624. The molecule has 2 aliphatic rings. The molecule has 2 aromatic rings. The molecule has 0 radical (unpaired) electrons. The van der Waals surface area contributed by atoms with Crippen LogP contribution in [0.3, 0.4) is 0 Å². The standard InChI is InChI=1S/C18H18N4O4S/c23-11-13-5-3-8-21-16(24)7-9-20(18(26)22(13)21)19-17(25)15-10-12-4-1-2-6-14(12)27-15/h1-2,4,6,10-11,13H,3,5,7-9H2,(H,19,25)/t13-/m0/s1. The van der Waals surface area contributed by atoms with Gasteiger partial charge in [-0.1, -0.05) is 18.2 Å². The zero-order chi connectivity index (χ0) is 19.0. The first-order valence-electron chi connectivity index (χ1n) is 8.74. The minimum atomic E-state index is -0.697. The summed E-state index contributed by atoms with van der Waals surface area (Å²) in [7, 11) is 0. The van der Waals surface area contributed by atoms with E-state index in [1.54, 1.807) is 6.07 Å². The van der Waals surface area contributed by atoms with E-state index in [9.17, 15) is 19.2 Å². The van der Waals surface area contributed by atoms with Gasteiger partial charge in [0.15, 0.2) is 0 Å². The van der Waals surface area contributed by atoms with Gasteiger partial charge in [0.25, 0.3) is 5.91 Å². The van der Waals surface area contributed by atoms with Crippen molar-refractivity contribution in [3.63, 3.8) is 0 Å². The quantitative estimate of drug-likeness (QED) is 0.814. The van der Waals surface area contributed by atoms with Crippen molar-refractivity contribution in [3.8, 4) is 0 Å². The number of carbonyl (C=O) groups excluding carboxylic acids is 4. The monoisotopic (exact) mass is 386 g/mol. The highest BCUT2D eigenvalue weighted by Crippen LogP contribution is 2.26. The number of thiophene rings is 1. The number of fused-ring (bicyclic) bond motifs is 2. The Morgan fingerprint density at radius 3 is 2.81 bits per heavy atom. The molecule has 0 spiro atoms. The highest BCUT2D eigenvalue weighted by Gasteiger charge is 2.41. The number of carbonyl (C=O) groups is 4. The molecule has 3 heterocycles. The Hall–Kier alpha value is -2.94. The summed E-state index contributed by atoms with van der Waals surface area (Å²) in [5.41, 5.74) is 2.60. The molecule has 1 aromatic carbocycles. The van der Waals surface area contributed by atoms with Gasteiger partial charge in [-0.15, -0.1) is 11.3 Å². The van der Waals surface area contributed by atoms with Crippen LogP contribution >= 0.6 is 11.3 Å². The molecule has 4 amide bonds. The van der Waals surface area contributed by atoms with Gasteiger partial charge in [-0.2, -0.15) is 0 Å². The third-order valence-electron chi connectivity index (χ3n) is 4.75. The average Bonchev–Trinajstić information content (AvgIpc) is 3.09. The number of nitrogens with one attached hydrogen (secondary N) is 1. The SMILES string of the molecule is O=C[C@@H]1CCCN2C(=O)CCN(NC(=O)c3cc4ccccc4s3)C(=O)N12. The van der Waals surface area contributed by atoms with Gasteiger partial charge >= 0.3 is 6.03 Å². The number of nitrogens with zero attached hydrogens (tertiary/aromatic N) is 3. The van der Waals surface area contributed by atoms with Gasteiger partial charge in [-0.3, -0.25) is 15.0 Å². The Labute approximate surface area is 159 Å². The van der Waals surface area contributed by atoms with Gasteiger partial charge < -0.3 is 4.79 Å². The van der Waals surface area contributed by atoms with E-state index in [-0.39, 0.29) is 18.9 Å². The molecule has 2 fully saturated rings. The van der Waals surface area contributed by atoms with E-state index in [0.717, 1.165) is 15.1 Å². The largest absolute Gasteiger partial charge is 0.358 e. The maximum atomic E-state index is 12.9. The Kier molecular flexibility index (Phi) is 4.53. The van der Waals surface area contributed by atoms with Crippen molar-refractivity contribution in [2.45, 2.75) is 25.3 Å². The summed E-state index contributed by atoms with van der Waals surface area (Å²) in [6, 6.07) is 8.14. The summed E-state index contributed by atoms with van der Waals surface area (Å²) in [6.07, 6.45) is 1.92. The molecule has 0 saturated carbocycles. The van der Waals surface area contributed by atoms with Crippen LogP contribution in [-0.2, 0) is 9.59 Å².